The Morgan fingerprint density at radius 3 is 2.77 bits per heavy atom. The largest absolute Gasteiger partial charge is 0.482 e. The number of hydrogen-bond acceptors (Lipinski definition) is 7. The number of carboxylic acid groups (broad SMARTS) is 1. The number of amides is 2. The highest BCUT2D eigenvalue weighted by atomic mass is 32.2. The quantitative estimate of drug-likeness (QED) is 0.438. The van der Waals surface area contributed by atoms with Gasteiger partial charge in [0.15, 0.2) is 11.8 Å². The number of anilines is 1. The van der Waals surface area contributed by atoms with Crippen LogP contribution in [0.15, 0.2) is 64.8 Å². The molecule has 30 heavy (non-hydrogen) atoms. The van der Waals surface area contributed by atoms with Crippen molar-refractivity contribution >= 4 is 46.6 Å². The standard InChI is InChI=1S/C20H18N4O5S/c25-17(22-14-6-2-1-3-7-14)10-16-19(28)23-20(30-16)24-21-11-13-5-4-8-15(9-13)29-12-18(26)27/h1-9,11,16H,10,12H2,(H,22,25)(H,26,27)(H,23,24,28). The van der Waals surface area contributed by atoms with Crippen molar-refractivity contribution < 1.29 is 24.2 Å². The van der Waals surface area contributed by atoms with E-state index in [4.69, 9.17) is 9.84 Å². The van der Waals surface area contributed by atoms with Crippen molar-refractivity contribution in [2.24, 2.45) is 10.2 Å². The number of carbonyl (C=O) groups is 3. The van der Waals surface area contributed by atoms with Gasteiger partial charge in [0.25, 0.3) is 0 Å². The number of carboxylic acids is 1. The number of thioether (sulfide) groups is 1. The summed E-state index contributed by atoms with van der Waals surface area (Å²) in [4.78, 5) is 34.7. The fourth-order valence-corrected chi connectivity index (χ4v) is 3.39. The SMILES string of the molecule is O=C(O)COc1cccc(C=N/N=C2\NC(=O)C(CC(=O)Nc3ccccc3)S2)c1. The van der Waals surface area contributed by atoms with E-state index in [0.717, 1.165) is 11.8 Å². The maximum Gasteiger partial charge on any atom is 0.341 e. The van der Waals surface area contributed by atoms with Gasteiger partial charge in [-0.15, -0.1) is 5.10 Å². The summed E-state index contributed by atoms with van der Waals surface area (Å²) < 4.78 is 5.10. The van der Waals surface area contributed by atoms with E-state index in [1.165, 1.54) is 6.21 Å². The zero-order valence-electron chi connectivity index (χ0n) is 15.6. The van der Waals surface area contributed by atoms with Crippen LogP contribution in [-0.4, -0.2) is 46.1 Å². The van der Waals surface area contributed by atoms with E-state index in [1.807, 2.05) is 18.2 Å². The maximum absolute atomic E-state index is 12.1. The summed E-state index contributed by atoms with van der Waals surface area (Å²) in [7, 11) is 0. The number of nitrogens with zero attached hydrogens (tertiary/aromatic N) is 2. The van der Waals surface area contributed by atoms with Crippen LogP contribution in [0.1, 0.15) is 12.0 Å². The van der Waals surface area contributed by atoms with Crippen molar-refractivity contribution in [3.63, 3.8) is 0 Å². The van der Waals surface area contributed by atoms with E-state index in [9.17, 15) is 14.4 Å². The fraction of sp³-hybridized carbons (Fsp3) is 0.150. The van der Waals surface area contributed by atoms with Crippen LogP contribution in [0.2, 0.25) is 0 Å². The Kier molecular flexibility index (Phi) is 7.17. The third kappa shape index (κ3) is 6.45. The van der Waals surface area contributed by atoms with Gasteiger partial charge in [0.05, 0.1) is 6.21 Å². The molecule has 0 aliphatic carbocycles. The molecule has 1 atom stereocenters. The summed E-state index contributed by atoms with van der Waals surface area (Å²) >= 11 is 1.13. The Balaban J connectivity index is 1.53. The van der Waals surface area contributed by atoms with Crippen molar-refractivity contribution in [2.45, 2.75) is 11.7 Å². The molecule has 10 heteroatoms. The summed E-state index contributed by atoms with van der Waals surface area (Å²) in [6.45, 7) is -0.440. The van der Waals surface area contributed by atoms with Crippen molar-refractivity contribution in [3.05, 3.63) is 60.2 Å². The van der Waals surface area contributed by atoms with Gasteiger partial charge in [-0.25, -0.2) is 4.79 Å². The minimum absolute atomic E-state index is 0.0110. The average molecular weight is 426 g/mol. The van der Waals surface area contributed by atoms with Crippen LogP contribution in [0.4, 0.5) is 5.69 Å². The number of aliphatic carboxylic acids is 1. The predicted octanol–water partition coefficient (Wildman–Crippen LogP) is 2.10. The number of benzene rings is 2. The third-order valence-electron chi connectivity index (χ3n) is 3.78. The van der Waals surface area contributed by atoms with E-state index in [0.29, 0.717) is 22.2 Å². The minimum Gasteiger partial charge on any atom is -0.482 e. The monoisotopic (exact) mass is 426 g/mol. The smallest absolute Gasteiger partial charge is 0.341 e. The van der Waals surface area contributed by atoms with Crippen LogP contribution in [-0.2, 0) is 14.4 Å². The lowest BCUT2D eigenvalue weighted by Crippen LogP contribution is -2.28. The average Bonchev–Trinajstić information content (AvgIpc) is 3.06. The topological polar surface area (TPSA) is 129 Å². The minimum atomic E-state index is -1.07. The van der Waals surface area contributed by atoms with Gasteiger partial charge in [-0.05, 0) is 29.8 Å². The molecule has 3 rings (SSSR count). The number of ether oxygens (including phenoxy) is 1. The van der Waals surface area contributed by atoms with Crippen molar-refractivity contribution in [2.75, 3.05) is 11.9 Å². The summed E-state index contributed by atoms with van der Waals surface area (Å²) in [5, 5.41) is 21.6. The van der Waals surface area contributed by atoms with E-state index in [2.05, 4.69) is 20.8 Å². The summed E-state index contributed by atoms with van der Waals surface area (Å²) in [6, 6.07) is 15.7. The van der Waals surface area contributed by atoms with Crippen LogP contribution >= 0.6 is 11.8 Å². The molecule has 0 aromatic heterocycles. The van der Waals surface area contributed by atoms with Crippen LogP contribution < -0.4 is 15.4 Å². The van der Waals surface area contributed by atoms with Gasteiger partial charge in [-0.3, -0.25) is 9.59 Å². The number of nitrogens with one attached hydrogen (secondary N) is 2. The van der Waals surface area contributed by atoms with Crippen LogP contribution in [0.25, 0.3) is 0 Å². The van der Waals surface area contributed by atoms with Gasteiger partial charge in [0.2, 0.25) is 11.8 Å². The van der Waals surface area contributed by atoms with Crippen LogP contribution in [0.5, 0.6) is 5.75 Å². The Morgan fingerprint density at radius 1 is 1.20 bits per heavy atom. The van der Waals surface area contributed by atoms with Gasteiger partial charge < -0.3 is 20.5 Å². The molecule has 1 fully saturated rings. The number of hydrogen-bond donors (Lipinski definition) is 3. The molecule has 2 amide bonds. The zero-order valence-corrected chi connectivity index (χ0v) is 16.5. The highest BCUT2D eigenvalue weighted by Gasteiger charge is 2.32. The third-order valence-corrected chi connectivity index (χ3v) is 4.85. The van der Waals surface area contributed by atoms with E-state index >= 15 is 0 Å². The molecule has 1 heterocycles. The molecule has 154 valence electrons. The lowest BCUT2D eigenvalue weighted by Gasteiger charge is -2.06. The molecule has 1 unspecified atom stereocenters. The molecule has 1 aliphatic heterocycles. The first-order chi connectivity index (χ1) is 14.5. The predicted molar refractivity (Wildman–Crippen MR) is 114 cm³/mol. The zero-order chi connectivity index (χ0) is 21.3. The number of amidine groups is 1. The second-order valence-corrected chi connectivity index (χ2v) is 7.31. The molecule has 0 saturated carbocycles. The Bertz CT molecular complexity index is 994. The van der Waals surface area contributed by atoms with Crippen molar-refractivity contribution in [3.8, 4) is 5.75 Å². The Hall–Kier alpha value is -3.66. The molecule has 0 spiro atoms. The van der Waals surface area contributed by atoms with Gasteiger partial charge in [0.1, 0.15) is 11.0 Å². The van der Waals surface area contributed by atoms with E-state index in [1.54, 1.807) is 36.4 Å². The van der Waals surface area contributed by atoms with Gasteiger partial charge in [-0.1, -0.05) is 42.1 Å². The Labute approximate surface area is 176 Å². The lowest BCUT2D eigenvalue weighted by atomic mass is 10.2. The van der Waals surface area contributed by atoms with Crippen molar-refractivity contribution in [1.82, 2.24) is 5.32 Å². The van der Waals surface area contributed by atoms with Gasteiger partial charge in [0, 0.05) is 12.1 Å². The lowest BCUT2D eigenvalue weighted by molar-refractivity contribution is -0.139. The highest BCUT2D eigenvalue weighted by molar-refractivity contribution is 8.15. The first-order valence-corrected chi connectivity index (χ1v) is 9.75. The summed E-state index contributed by atoms with van der Waals surface area (Å²) in [5.74, 6) is -1.25. The molecule has 9 nitrogen and oxygen atoms in total. The maximum atomic E-state index is 12.1. The summed E-state index contributed by atoms with van der Waals surface area (Å²) in [6.07, 6.45) is 1.46. The molecular weight excluding hydrogens is 408 g/mol. The number of carbonyl (C=O) groups excluding carboxylic acids is 2. The first kappa shape index (κ1) is 21.1. The van der Waals surface area contributed by atoms with Crippen molar-refractivity contribution in [1.29, 1.82) is 0 Å². The second kappa shape index (κ2) is 10.2. The summed E-state index contributed by atoms with van der Waals surface area (Å²) in [5.41, 5.74) is 1.31. The van der Waals surface area contributed by atoms with E-state index in [-0.39, 0.29) is 18.2 Å². The molecule has 2 aromatic carbocycles. The molecule has 3 N–H and O–H groups in total. The normalized spacial score (nSPS) is 17.1. The molecular formula is C20H18N4O5S. The number of para-hydroxylation sites is 1. The highest BCUT2D eigenvalue weighted by Crippen LogP contribution is 2.23. The molecule has 1 saturated heterocycles. The molecule has 2 aromatic rings. The first-order valence-electron chi connectivity index (χ1n) is 8.88. The molecule has 1 aliphatic rings. The second-order valence-electron chi connectivity index (χ2n) is 6.12. The van der Waals surface area contributed by atoms with Crippen LogP contribution in [0, 0.1) is 0 Å². The van der Waals surface area contributed by atoms with E-state index < -0.39 is 17.8 Å². The number of rotatable bonds is 8. The van der Waals surface area contributed by atoms with Gasteiger partial charge >= 0.3 is 5.97 Å². The van der Waals surface area contributed by atoms with Gasteiger partial charge in [-0.2, -0.15) is 5.10 Å². The Morgan fingerprint density at radius 2 is 2.00 bits per heavy atom. The molecule has 0 bridgehead atoms. The van der Waals surface area contributed by atoms with Crippen LogP contribution in [0.3, 0.4) is 0 Å². The fourth-order valence-electron chi connectivity index (χ4n) is 2.47. The molecule has 0 radical (unpaired) electrons.